The maximum Gasteiger partial charge on any atom is -0.00127 e. The number of rotatable bonds is 1. The normalized spacial score (nSPS) is 32.1. The van der Waals surface area contributed by atoms with Crippen molar-refractivity contribution < 1.29 is 0 Å². The quantitative estimate of drug-likeness (QED) is 0.608. The summed E-state index contributed by atoms with van der Waals surface area (Å²) in [7, 11) is 0. The van der Waals surface area contributed by atoms with Gasteiger partial charge in [0.2, 0.25) is 0 Å². The lowest BCUT2D eigenvalue weighted by Gasteiger charge is -2.15. The molecule has 0 spiro atoms. The summed E-state index contributed by atoms with van der Waals surface area (Å²) in [6, 6.07) is 0. The molecule has 1 unspecified atom stereocenters. The van der Waals surface area contributed by atoms with Crippen molar-refractivity contribution >= 4 is 15.9 Å². The third kappa shape index (κ3) is 1.20. The fourth-order valence-electron chi connectivity index (χ4n) is 1.54. The fourth-order valence-corrected chi connectivity index (χ4v) is 2.25. The number of hydrogen-bond acceptors (Lipinski definition) is 0. The summed E-state index contributed by atoms with van der Waals surface area (Å²) in [5, 5.41) is 0. The molecule has 1 saturated carbocycles. The lowest BCUT2D eigenvalue weighted by molar-refractivity contribution is 0.566. The SMILES string of the molecule is BrC1=CC=CCC1C1CC1. The van der Waals surface area contributed by atoms with Gasteiger partial charge < -0.3 is 0 Å². The molecule has 1 atom stereocenters. The molecule has 0 aromatic rings. The van der Waals surface area contributed by atoms with Crippen molar-refractivity contribution in [2.45, 2.75) is 19.3 Å². The van der Waals surface area contributed by atoms with Gasteiger partial charge >= 0.3 is 0 Å². The number of hydrogen-bond donors (Lipinski definition) is 0. The molecule has 2 aliphatic rings. The first kappa shape index (κ1) is 6.66. The van der Waals surface area contributed by atoms with Gasteiger partial charge in [-0.25, -0.2) is 0 Å². The molecule has 0 saturated heterocycles. The molecule has 2 rings (SSSR count). The Morgan fingerprint density at radius 1 is 1.40 bits per heavy atom. The zero-order valence-corrected chi connectivity index (χ0v) is 7.47. The molecule has 0 N–H and O–H groups in total. The van der Waals surface area contributed by atoms with Crippen molar-refractivity contribution in [1.82, 2.24) is 0 Å². The van der Waals surface area contributed by atoms with E-state index in [1.807, 2.05) is 0 Å². The van der Waals surface area contributed by atoms with Gasteiger partial charge in [-0.1, -0.05) is 34.2 Å². The van der Waals surface area contributed by atoms with Gasteiger partial charge in [-0.3, -0.25) is 0 Å². The molecule has 0 nitrogen and oxygen atoms in total. The average molecular weight is 199 g/mol. The molecule has 0 aromatic heterocycles. The lowest BCUT2D eigenvalue weighted by Crippen LogP contribution is -2.03. The molecule has 54 valence electrons. The van der Waals surface area contributed by atoms with Crippen LogP contribution in [0.3, 0.4) is 0 Å². The van der Waals surface area contributed by atoms with E-state index in [-0.39, 0.29) is 0 Å². The first-order chi connectivity index (χ1) is 4.88. The van der Waals surface area contributed by atoms with E-state index < -0.39 is 0 Å². The van der Waals surface area contributed by atoms with Gasteiger partial charge in [-0.05, 0) is 35.6 Å². The first-order valence-corrected chi connectivity index (χ1v) is 4.69. The van der Waals surface area contributed by atoms with Crippen LogP contribution in [0.5, 0.6) is 0 Å². The Labute approximate surface area is 70.1 Å². The zero-order chi connectivity index (χ0) is 6.97. The van der Waals surface area contributed by atoms with Gasteiger partial charge in [0, 0.05) is 0 Å². The van der Waals surface area contributed by atoms with Gasteiger partial charge in [0.1, 0.15) is 0 Å². The first-order valence-electron chi connectivity index (χ1n) is 3.90. The van der Waals surface area contributed by atoms with Crippen LogP contribution in [0.25, 0.3) is 0 Å². The molecule has 10 heavy (non-hydrogen) atoms. The molecule has 0 radical (unpaired) electrons. The Hall–Kier alpha value is -0.0400. The van der Waals surface area contributed by atoms with E-state index in [9.17, 15) is 0 Å². The Kier molecular flexibility index (Phi) is 1.69. The number of allylic oxidation sites excluding steroid dienone is 4. The van der Waals surface area contributed by atoms with E-state index >= 15 is 0 Å². The Bertz CT molecular complexity index is 187. The molecule has 0 amide bonds. The molecule has 0 aliphatic heterocycles. The zero-order valence-electron chi connectivity index (χ0n) is 5.89. The van der Waals surface area contributed by atoms with Crippen LogP contribution < -0.4 is 0 Å². The Morgan fingerprint density at radius 2 is 2.20 bits per heavy atom. The van der Waals surface area contributed by atoms with Crippen molar-refractivity contribution in [2.24, 2.45) is 11.8 Å². The van der Waals surface area contributed by atoms with Crippen molar-refractivity contribution in [1.29, 1.82) is 0 Å². The third-order valence-electron chi connectivity index (χ3n) is 2.33. The standard InChI is InChI=1S/C9H11Br/c10-9-4-2-1-3-8(9)7-5-6-7/h1-2,4,7-8H,3,5-6H2. The van der Waals surface area contributed by atoms with Gasteiger partial charge in [0.25, 0.3) is 0 Å². The van der Waals surface area contributed by atoms with E-state index in [1.54, 1.807) is 0 Å². The van der Waals surface area contributed by atoms with Crippen molar-refractivity contribution in [3.05, 3.63) is 22.7 Å². The highest BCUT2D eigenvalue weighted by Crippen LogP contribution is 2.45. The van der Waals surface area contributed by atoms with E-state index in [0.717, 1.165) is 11.8 Å². The maximum absolute atomic E-state index is 3.61. The van der Waals surface area contributed by atoms with Gasteiger partial charge in [-0.2, -0.15) is 0 Å². The van der Waals surface area contributed by atoms with Crippen LogP contribution in [0.2, 0.25) is 0 Å². The minimum absolute atomic E-state index is 0.824. The summed E-state index contributed by atoms with van der Waals surface area (Å²) < 4.78 is 1.41. The summed E-state index contributed by atoms with van der Waals surface area (Å²) in [6.07, 6.45) is 10.7. The smallest absolute Gasteiger partial charge is 0.00127 e. The molecular weight excluding hydrogens is 188 g/mol. The average Bonchev–Trinajstić information content (AvgIpc) is 2.71. The monoisotopic (exact) mass is 198 g/mol. The van der Waals surface area contributed by atoms with E-state index in [0.29, 0.717) is 0 Å². The van der Waals surface area contributed by atoms with E-state index in [1.165, 1.54) is 23.7 Å². The van der Waals surface area contributed by atoms with Crippen molar-refractivity contribution in [3.63, 3.8) is 0 Å². The topological polar surface area (TPSA) is 0 Å². The molecular formula is C9H11Br. The minimum atomic E-state index is 0.824. The molecule has 1 heteroatoms. The molecule has 0 aromatic carbocycles. The van der Waals surface area contributed by atoms with Gasteiger partial charge in [0.15, 0.2) is 0 Å². The fraction of sp³-hybridized carbons (Fsp3) is 0.556. The molecule has 2 aliphatic carbocycles. The highest BCUT2D eigenvalue weighted by atomic mass is 79.9. The predicted molar refractivity (Wildman–Crippen MR) is 47.0 cm³/mol. The van der Waals surface area contributed by atoms with Crippen LogP contribution in [0.1, 0.15) is 19.3 Å². The van der Waals surface area contributed by atoms with Crippen LogP contribution >= 0.6 is 15.9 Å². The molecule has 0 bridgehead atoms. The Morgan fingerprint density at radius 3 is 2.80 bits per heavy atom. The second-order valence-electron chi connectivity index (χ2n) is 3.16. The van der Waals surface area contributed by atoms with Crippen molar-refractivity contribution in [3.8, 4) is 0 Å². The van der Waals surface area contributed by atoms with Crippen LogP contribution in [-0.4, -0.2) is 0 Å². The van der Waals surface area contributed by atoms with Crippen LogP contribution in [0.15, 0.2) is 22.7 Å². The molecule has 1 fully saturated rings. The van der Waals surface area contributed by atoms with Crippen LogP contribution in [0.4, 0.5) is 0 Å². The van der Waals surface area contributed by atoms with Crippen LogP contribution in [-0.2, 0) is 0 Å². The van der Waals surface area contributed by atoms with Crippen LogP contribution in [0, 0.1) is 11.8 Å². The van der Waals surface area contributed by atoms with E-state index in [2.05, 4.69) is 34.2 Å². The van der Waals surface area contributed by atoms with E-state index in [4.69, 9.17) is 0 Å². The lowest BCUT2D eigenvalue weighted by atomic mass is 9.96. The maximum atomic E-state index is 3.61. The second kappa shape index (κ2) is 2.54. The highest BCUT2D eigenvalue weighted by molar-refractivity contribution is 9.11. The summed E-state index contributed by atoms with van der Waals surface area (Å²) in [5.74, 6) is 1.82. The minimum Gasteiger partial charge on any atom is -0.0839 e. The number of halogens is 1. The summed E-state index contributed by atoms with van der Waals surface area (Å²) >= 11 is 3.61. The second-order valence-corrected chi connectivity index (χ2v) is 4.08. The highest BCUT2D eigenvalue weighted by Gasteiger charge is 2.32. The third-order valence-corrected chi connectivity index (χ3v) is 3.18. The summed E-state index contributed by atoms with van der Waals surface area (Å²) in [4.78, 5) is 0. The molecule has 0 heterocycles. The van der Waals surface area contributed by atoms with Gasteiger partial charge in [-0.15, -0.1) is 0 Å². The van der Waals surface area contributed by atoms with Crippen molar-refractivity contribution in [2.75, 3.05) is 0 Å². The predicted octanol–water partition coefficient (Wildman–Crippen LogP) is 3.25. The van der Waals surface area contributed by atoms with Gasteiger partial charge in [0.05, 0.1) is 0 Å². The largest absolute Gasteiger partial charge is 0.0839 e. The summed E-state index contributed by atoms with van der Waals surface area (Å²) in [6.45, 7) is 0. The Balaban J connectivity index is 2.08. The summed E-state index contributed by atoms with van der Waals surface area (Å²) in [5.41, 5.74) is 0.